The summed E-state index contributed by atoms with van der Waals surface area (Å²) >= 11 is 6.03. The van der Waals surface area contributed by atoms with Gasteiger partial charge in [-0.15, -0.1) is 0 Å². The maximum Gasteiger partial charge on any atom is 0.238 e. The van der Waals surface area contributed by atoms with Gasteiger partial charge in [-0.05, 0) is 31.6 Å². The molecule has 4 nitrogen and oxygen atoms in total. The fourth-order valence-electron chi connectivity index (χ4n) is 2.39. The zero-order chi connectivity index (χ0) is 13.7. The summed E-state index contributed by atoms with van der Waals surface area (Å²) in [5.74, 6) is -0.0122. The third kappa shape index (κ3) is 3.93. The molecule has 19 heavy (non-hydrogen) atoms. The lowest BCUT2D eigenvalue weighted by Crippen LogP contribution is -2.41. The number of anilines is 1. The van der Waals surface area contributed by atoms with Crippen molar-refractivity contribution in [3.05, 3.63) is 29.3 Å². The number of carbonyl (C=O) groups excluding carboxylic acids is 1. The molecule has 2 N–H and O–H groups in total. The minimum Gasteiger partial charge on any atom is -0.324 e. The molecule has 1 aliphatic heterocycles. The SMILES string of the molecule is CCN(CC(=O)Nc1ccccc1Cl)C1CCNC1. The van der Waals surface area contributed by atoms with Gasteiger partial charge in [0.25, 0.3) is 0 Å². The molecule has 1 amide bonds. The smallest absolute Gasteiger partial charge is 0.238 e. The summed E-state index contributed by atoms with van der Waals surface area (Å²) in [6.07, 6.45) is 1.10. The molecule has 104 valence electrons. The maximum absolute atomic E-state index is 12.1. The second kappa shape index (κ2) is 6.89. The number of halogens is 1. The van der Waals surface area contributed by atoms with Crippen LogP contribution >= 0.6 is 11.6 Å². The van der Waals surface area contributed by atoms with E-state index in [-0.39, 0.29) is 5.91 Å². The van der Waals surface area contributed by atoms with Gasteiger partial charge in [0.15, 0.2) is 0 Å². The fourth-order valence-corrected chi connectivity index (χ4v) is 2.57. The highest BCUT2D eigenvalue weighted by Crippen LogP contribution is 2.20. The van der Waals surface area contributed by atoms with Crippen LogP contribution in [0.5, 0.6) is 0 Å². The Morgan fingerprint density at radius 1 is 1.53 bits per heavy atom. The lowest BCUT2D eigenvalue weighted by atomic mass is 10.2. The van der Waals surface area contributed by atoms with Crippen LogP contribution in [0.15, 0.2) is 24.3 Å². The second-order valence-electron chi connectivity index (χ2n) is 4.74. The van der Waals surface area contributed by atoms with Gasteiger partial charge in [-0.2, -0.15) is 0 Å². The fraction of sp³-hybridized carbons (Fsp3) is 0.500. The Labute approximate surface area is 119 Å². The second-order valence-corrected chi connectivity index (χ2v) is 5.14. The lowest BCUT2D eigenvalue weighted by molar-refractivity contribution is -0.117. The normalized spacial score (nSPS) is 18.8. The summed E-state index contributed by atoms with van der Waals surface area (Å²) < 4.78 is 0. The number of carbonyl (C=O) groups is 1. The number of nitrogens with one attached hydrogen (secondary N) is 2. The highest BCUT2D eigenvalue weighted by atomic mass is 35.5. The summed E-state index contributed by atoms with van der Waals surface area (Å²) in [6.45, 7) is 5.37. The first-order valence-electron chi connectivity index (χ1n) is 6.70. The van der Waals surface area contributed by atoms with Crippen LogP contribution in [0.1, 0.15) is 13.3 Å². The highest BCUT2D eigenvalue weighted by molar-refractivity contribution is 6.33. The van der Waals surface area contributed by atoms with E-state index in [1.807, 2.05) is 18.2 Å². The molecule has 1 aliphatic rings. The van der Waals surface area contributed by atoms with Crippen LogP contribution in [0, 0.1) is 0 Å². The summed E-state index contributed by atoms with van der Waals surface area (Å²) in [5.41, 5.74) is 0.676. The number of amides is 1. The number of benzene rings is 1. The first-order chi connectivity index (χ1) is 9.20. The summed E-state index contributed by atoms with van der Waals surface area (Å²) in [7, 11) is 0. The van der Waals surface area contributed by atoms with E-state index in [4.69, 9.17) is 11.6 Å². The van der Waals surface area contributed by atoms with Gasteiger partial charge >= 0.3 is 0 Å². The molecule has 0 aromatic heterocycles. The molecule has 1 fully saturated rings. The quantitative estimate of drug-likeness (QED) is 0.867. The highest BCUT2D eigenvalue weighted by Gasteiger charge is 2.22. The number of likely N-dealkylation sites (N-methyl/N-ethyl adjacent to an activating group) is 1. The molecule has 1 aromatic carbocycles. The maximum atomic E-state index is 12.1. The topological polar surface area (TPSA) is 44.4 Å². The Balaban J connectivity index is 1.91. The minimum absolute atomic E-state index is 0.0122. The Morgan fingerprint density at radius 2 is 2.32 bits per heavy atom. The van der Waals surface area contributed by atoms with Crippen LogP contribution in [-0.2, 0) is 4.79 Å². The summed E-state index contributed by atoms with van der Waals surface area (Å²) in [4.78, 5) is 14.3. The van der Waals surface area contributed by atoms with E-state index in [9.17, 15) is 4.79 Å². The average Bonchev–Trinajstić information content (AvgIpc) is 2.92. The van der Waals surface area contributed by atoms with E-state index in [1.165, 1.54) is 0 Å². The zero-order valence-electron chi connectivity index (χ0n) is 11.2. The number of para-hydroxylation sites is 1. The van der Waals surface area contributed by atoms with Gasteiger partial charge in [0.2, 0.25) is 5.91 Å². The molecule has 0 radical (unpaired) electrons. The van der Waals surface area contributed by atoms with Crippen LogP contribution in [-0.4, -0.2) is 43.0 Å². The van der Waals surface area contributed by atoms with Crippen LogP contribution < -0.4 is 10.6 Å². The van der Waals surface area contributed by atoms with Gasteiger partial charge in [-0.1, -0.05) is 30.7 Å². The monoisotopic (exact) mass is 281 g/mol. The van der Waals surface area contributed by atoms with Gasteiger partial charge in [0, 0.05) is 12.6 Å². The van der Waals surface area contributed by atoms with Crippen molar-refractivity contribution in [3.8, 4) is 0 Å². The molecule has 1 unspecified atom stereocenters. The van der Waals surface area contributed by atoms with Gasteiger partial charge in [0.1, 0.15) is 0 Å². The Kier molecular flexibility index (Phi) is 5.19. The number of hydrogen-bond acceptors (Lipinski definition) is 3. The summed E-state index contributed by atoms with van der Waals surface area (Å²) in [6, 6.07) is 7.76. The van der Waals surface area contributed by atoms with Crippen LogP contribution in [0.2, 0.25) is 5.02 Å². The number of rotatable bonds is 5. The standard InChI is InChI=1S/C14H20ClN3O/c1-2-18(11-7-8-16-9-11)10-14(19)17-13-6-4-3-5-12(13)15/h3-6,11,16H,2,7-10H2,1H3,(H,17,19). The first kappa shape index (κ1) is 14.3. The minimum atomic E-state index is -0.0122. The Morgan fingerprint density at radius 3 is 2.95 bits per heavy atom. The van der Waals surface area contributed by atoms with Gasteiger partial charge < -0.3 is 10.6 Å². The molecule has 2 rings (SSSR count). The molecule has 1 aromatic rings. The summed E-state index contributed by atoms with van der Waals surface area (Å²) in [5, 5.41) is 6.76. The molecule has 0 bridgehead atoms. The van der Waals surface area contributed by atoms with E-state index in [1.54, 1.807) is 6.07 Å². The Bertz CT molecular complexity index is 432. The molecule has 5 heteroatoms. The predicted molar refractivity (Wildman–Crippen MR) is 78.6 cm³/mol. The molecule has 1 atom stereocenters. The molecule has 1 saturated heterocycles. The van der Waals surface area contributed by atoms with Crippen molar-refractivity contribution in [2.45, 2.75) is 19.4 Å². The van der Waals surface area contributed by atoms with Crippen molar-refractivity contribution >= 4 is 23.2 Å². The van der Waals surface area contributed by atoms with E-state index >= 15 is 0 Å². The van der Waals surface area contributed by atoms with Gasteiger partial charge in [0.05, 0.1) is 17.3 Å². The van der Waals surface area contributed by atoms with Crippen molar-refractivity contribution in [1.82, 2.24) is 10.2 Å². The van der Waals surface area contributed by atoms with Crippen molar-refractivity contribution in [2.75, 3.05) is 31.5 Å². The third-order valence-electron chi connectivity index (χ3n) is 3.45. The van der Waals surface area contributed by atoms with Crippen molar-refractivity contribution in [3.63, 3.8) is 0 Å². The van der Waals surface area contributed by atoms with Crippen LogP contribution in [0.3, 0.4) is 0 Å². The van der Waals surface area contributed by atoms with Gasteiger partial charge in [-0.3, -0.25) is 9.69 Å². The van der Waals surface area contributed by atoms with E-state index < -0.39 is 0 Å². The number of nitrogens with zero attached hydrogens (tertiary/aromatic N) is 1. The third-order valence-corrected chi connectivity index (χ3v) is 3.78. The molecule has 0 saturated carbocycles. The molecule has 1 heterocycles. The largest absolute Gasteiger partial charge is 0.324 e. The first-order valence-corrected chi connectivity index (χ1v) is 7.07. The van der Waals surface area contributed by atoms with Crippen molar-refractivity contribution in [1.29, 1.82) is 0 Å². The molecular weight excluding hydrogens is 262 g/mol. The predicted octanol–water partition coefficient (Wildman–Crippen LogP) is 1.96. The van der Waals surface area contributed by atoms with Crippen LogP contribution in [0.4, 0.5) is 5.69 Å². The molecular formula is C14H20ClN3O. The van der Waals surface area contributed by atoms with Crippen molar-refractivity contribution in [2.24, 2.45) is 0 Å². The van der Waals surface area contributed by atoms with E-state index in [0.29, 0.717) is 23.3 Å². The van der Waals surface area contributed by atoms with Gasteiger partial charge in [-0.25, -0.2) is 0 Å². The Hall–Kier alpha value is -1.10. The lowest BCUT2D eigenvalue weighted by Gasteiger charge is -2.26. The zero-order valence-corrected chi connectivity index (χ0v) is 11.9. The van der Waals surface area contributed by atoms with E-state index in [0.717, 1.165) is 26.1 Å². The van der Waals surface area contributed by atoms with Crippen LogP contribution in [0.25, 0.3) is 0 Å². The molecule has 0 spiro atoms. The van der Waals surface area contributed by atoms with E-state index in [2.05, 4.69) is 22.5 Å². The number of hydrogen-bond donors (Lipinski definition) is 2. The average molecular weight is 282 g/mol. The van der Waals surface area contributed by atoms with Crippen molar-refractivity contribution < 1.29 is 4.79 Å². The molecule has 0 aliphatic carbocycles.